The minimum Gasteiger partial charge on any atom is -0.497 e. The van der Waals surface area contributed by atoms with Crippen molar-refractivity contribution in [2.75, 3.05) is 46.6 Å². The number of amides is 1. The third-order valence-corrected chi connectivity index (χ3v) is 5.61. The summed E-state index contributed by atoms with van der Waals surface area (Å²) in [6.45, 7) is 5.77. The van der Waals surface area contributed by atoms with E-state index in [1.54, 1.807) is 12.1 Å². The SMILES string of the molecule is CCOc1ccc([C@@H]2CC(c3cccc(OC)c3)=NN2C(=O)CN2CCOCC2)cc1. The highest BCUT2D eigenvalue weighted by atomic mass is 16.5. The predicted octanol–water partition coefficient (Wildman–Crippen LogP) is 3.10. The zero-order valence-corrected chi connectivity index (χ0v) is 18.1. The molecule has 7 heteroatoms. The molecular formula is C24H29N3O4. The molecule has 4 rings (SSSR count). The van der Waals surface area contributed by atoms with Gasteiger partial charge in [-0.2, -0.15) is 5.10 Å². The standard InChI is InChI=1S/C24H29N3O4/c1-3-31-20-9-7-18(8-10-20)23-16-22(19-5-4-6-21(15-19)29-2)25-27(23)24(28)17-26-11-13-30-14-12-26/h4-10,15,23H,3,11-14,16-17H2,1-2H3/t23-/m0/s1. The van der Waals surface area contributed by atoms with Crippen LogP contribution in [0.25, 0.3) is 0 Å². The molecular weight excluding hydrogens is 394 g/mol. The third-order valence-electron chi connectivity index (χ3n) is 5.61. The van der Waals surface area contributed by atoms with Crippen molar-refractivity contribution in [1.29, 1.82) is 0 Å². The summed E-state index contributed by atoms with van der Waals surface area (Å²) in [5, 5.41) is 6.42. The van der Waals surface area contributed by atoms with Crippen molar-refractivity contribution in [2.24, 2.45) is 5.10 Å². The topological polar surface area (TPSA) is 63.6 Å². The van der Waals surface area contributed by atoms with Gasteiger partial charge in [-0.1, -0.05) is 24.3 Å². The number of carbonyl (C=O) groups excluding carboxylic acids is 1. The fourth-order valence-corrected chi connectivity index (χ4v) is 3.95. The molecule has 1 amide bonds. The Kier molecular flexibility index (Phi) is 6.84. The number of ether oxygens (including phenoxy) is 3. The van der Waals surface area contributed by atoms with Crippen LogP contribution in [0.4, 0.5) is 0 Å². The first-order valence-corrected chi connectivity index (χ1v) is 10.7. The molecule has 0 spiro atoms. The van der Waals surface area contributed by atoms with Crippen LogP contribution in [0.3, 0.4) is 0 Å². The highest BCUT2D eigenvalue weighted by Crippen LogP contribution is 2.34. The second-order valence-electron chi connectivity index (χ2n) is 7.63. The molecule has 2 aliphatic heterocycles. The van der Waals surface area contributed by atoms with Gasteiger partial charge in [-0.15, -0.1) is 0 Å². The number of carbonyl (C=O) groups is 1. The molecule has 2 aromatic rings. The van der Waals surface area contributed by atoms with Gasteiger partial charge in [0.2, 0.25) is 0 Å². The smallest absolute Gasteiger partial charge is 0.257 e. The zero-order chi connectivity index (χ0) is 21.6. The third kappa shape index (κ3) is 5.06. The average molecular weight is 424 g/mol. The van der Waals surface area contributed by atoms with Crippen LogP contribution in [0.15, 0.2) is 53.6 Å². The first kappa shape index (κ1) is 21.3. The summed E-state index contributed by atoms with van der Waals surface area (Å²) in [6, 6.07) is 15.6. The molecule has 1 saturated heterocycles. The number of nitrogens with zero attached hydrogens (tertiary/aromatic N) is 3. The molecule has 164 valence electrons. The lowest BCUT2D eigenvalue weighted by atomic mass is 9.98. The van der Waals surface area contributed by atoms with Crippen molar-refractivity contribution in [3.8, 4) is 11.5 Å². The van der Waals surface area contributed by atoms with Crippen molar-refractivity contribution in [1.82, 2.24) is 9.91 Å². The Morgan fingerprint density at radius 1 is 1.13 bits per heavy atom. The van der Waals surface area contributed by atoms with Crippen LogP contribution < -0.4 is 9.47 Å². The monoisotopic (exact) mass is 423 g/mol. The van der Waals surface area contributed by atoms with Crippen molar-refractivity contribution < 1.29 is 19.0 Å². The lowest BCUT2D eigenvalue weighted by molar-refractivity contribution is -0.135. The highest BCUT2D eigenvalue weighted by Gasteiger charge is 2.34. The second kappa shape index (κ2) is 9.94. The molecule has 31 heavy (non-hydrogen) atoms. The van der Waals surface area contributed by atoms with Gasteiger partial charge in [-0.3, -0.25) is 9.69 Å². The highest BCUT2D eigenvalue weighted by molar-refractivity contribution is 6.03. The van der Waals surface area contributed by atoms with E-state index in [4.69, 9.17) is 19.3 Å². The number of morpholine rings is 1. The van der Waals surface area contributed by atoms with Crippen LogP contribution in [0.5, 0.6) is 11.5 Å². The van der Waals surface area contributed by atoms with Gasteiger partial charge < -0.3 is 14.2 Å². The summed E-state index contributed by atoms with van der Waals surface area (Å²) >= 11 is 0. The molecule has 7 nitrogen and oxygen atoms in total. The predicted molar refractivity (Wildman–Crippen MR) is 119 cm³/mol. The van der Waals surface area contributed by atoms with Gasteiger partial charge in [0.25, 0.3) is 5.91 Å². The lowest BCUT2D eigenvalue weighted by Crippen LogP contribution is -2.43. The van der Waals surface area contributed by atoms with E-state index in [0.717, 1.165) is 41.4 Å². The quantitative estimate of drug-likeness (QED) is 0.685. The number of rotatable bonds is 7. The van der Waals surface area contributed by atoms with Crippen molar-refractivity contribution in [2.45, 2.75) is 19.4 Å². The van der Waals surface area contributed by atoms with Gasteiger partial charge in [0, 0.05) is 25.1 Å². The van der Waals surface area contributed by atoms with E-state index in [-0.39, 0.29) is 11.9 Å². The Hall–Kier alpha value is -2.90. The number of hydrogen-bond acceptors (Lipinski definition) is 6. The average Bonchev–Trinajstić information content (AvgIpc) is 3.26. The maximum atomic E-state index is 13.3. The molecule has 2 aromatic carbocycles. The molecule has 0 radical (unpaired) electrons. The Morgan fingerprint density at radius 3 is 2.61 bits per heavy atom. The Bertz CT molecular complexity index is 923. The number of benzene rings is 2. The Balaban J connectivity index is 1.59. The molecule has 1 fully saturated rings. The van der Waals surface area contributed by atoms with E-state index in [9.17, 15) is 4.79 Å². The molecule has 0 saturated carbocycles. The van der Waals surface area contributed by atoms with Gasteiger partial charge in [-0.05, 0) is 36.8 Å². The molecule has 1 atom stereocenters. The van der Waals surface area contributed by atoms with E-state index in [2.05, 4.69) is 4.90 Å². The molecule has 0 aliphatic carbocycles. The number of methoxy groups -OCH3 is 1. The van der Waals surface area contributed by atoms with E-state index in [0.29, 0.717) is 32.8 Å². The van der Waals surface area contributed by atoms with Crippen molar-refractivity contribution in [3.63, 3.8) is 0 Å². The summed E-state index contributed by atoms with van der Waals surface area (Å²) in [7, 11) is 1.65. The molecule has 0 N–H and O–H groups in total. The largest absolute Gasteiger partial charge is 0.497 e. The van der Waals surface area contributed by atoms with E-state index in [1.807, 2.05) is 55.5 Å². The van der Waals surface area contributed by atoms with Gasteiger partial charge in [0.15, 0.2) is 0 Å². The van der Waals surface area contributed by atoms with Gasteiger partial charge in [0.1, 0.15) is 11.5 Å². The summed E-state index contributed by atoms with van der Waals surface area (Å²) in [5.74, 6) is 1.60. The number of hydrogen-bond donors (Lipinski definition) is 0. The maximum absolute atomic E-state index is 13.3. The Morgan fingerprint density at radius 2 is 1.90 bits per heavy atom. The van der Waals surface area contributed by atoms with E-state index in [1.165, 1.54) is 0 Å². The van der Waals surface area contributed by atoms with Crippen LogP contribution in [0.1, 0.15) is 30.5 Å². The summed E-state index contributed by atoms with van der Waals surface area (Å²) < 4.78 is 16.3. The summed E-state index contributed by atoms with van der Waals surface area (Å²) in [5.41, 5.74) is 2.89. The van der Waals surface area contributed by atoms with Crippen LogP contribution in [-0.2, 0) is 9.53 Å². The Labute approximate surface area is 183 Å². The molecule has 0 aromatic heterocycles. The van der Waals surface area contributed by atoms with Crippen LogP contribution >= 0.6 is 0 Å². The van der Waals surface area contributed by atoms with Crippen molar-refractivity contribution >= 4 is 11.6 Å². The summed E-state index contributed by atoms with van der Waals surface area (Å²) in [4.78, 5) is 15.4. The molecule has 0 bridgehead atoms. The minimum absolute atomic E-state index is 0.00122. The molecule has 2 heterocycles. The van der Waals surface area contributed by atoms with Crippen LogP contribution in [0.2, 0.25) is 0 Å². The van der Waals surface area contributed by atoms with E-state index < -0.39 is 0 Å². The normalized spacial score (nSPS) is 19.2. The minimum atomic E-state index is -0.148. The second-order valence-corrected chi connectivity index (χ2v) is 7.63. The van der Waals surface area contributed by atoms with Gasteiger partial charge >= 0.3 is 0 Å². The zero-order valence-electron chi connectivity index (χ0n) is 18.1. The fraction of sp³-hybridized carbons (Fsp3) is 0.417. The van der Waals surface area contributed by atoms with E-state index >= 15 is 0 Å². The lowest BCUT2D eigenvalue weighted by Gasteiger charge is -2.29. The number of hydrazone groups is 1. The molecule has 2 aliphatic rings. The summed E-state index contributed by atoms with van der Waals surface area (Å²) in [6.07, 6.45) is 0.649. The first-order chi connectivity index (χ1) is 15.2. The van der Waals surface area contributed by atoms with Crippen LogP contribution in [-0.4, -0.2) is 68.1 Å². The van der Waals surface area contributed by atoms with Crippen molar-refractivity contribution in [3.05, 3.63) is 59.7 Å². The molecule has 0 unspecified atom stereocenters. The fourth-order valence-electron chi connectivity index (χ4n) is 3.95. The van der Waals surface area contributed by atoms with Gasteiger partial charge in [0.05, 0.1) is 45.2 Å². The maximum Gasteiger partial charge on any atom is 0.257 e. The first-order valence-electron chi connectivity index (χ1n) is 10.7. The van der Waals surface area contributed by atoms with Crippen LogP contribution in [0, 0.1) is 0 Å². The van der Waals surface area contributed by atoms with Gasteiger partial charge in [-0.25, -0.2) is 5.01 Å².